The summed E-state index contributed by atoms with van der Waals surface area (Å²) in [5.41, 5.74) is 0.924. The average molecular weight is 307 g/mol. The normalized spacial score (nSPS) is 10.6. The van der Waals surface area contributed by atoms with Gasteiger partial charge in [-0.1, -0.05) is 11.6 Å². The fraction of sp³-hybridized carbons (Fsp3) is 0.375. The molecule has 1 heterocycles. The Labute approximate surface area is 129 Å². The molecule has 112 valence electrons. The van der Waals surface area contributed by atoms with E-state index in [0.717, 1.165) is 18.7 Å². The third kappa shape index (κ3) is 4.08. The Bertz CT molecular complexity index is 589. The van der Waals surface area contributed by atoms with E-state index >= 15 is 0 Å². The summed E-state index contributed by atoms with van der Waals surface area (Å²) in [6.07, 6.45) is 2.62. The van der Waals surface area contributed by atoms with E-state index < -0.39 is 0 Å². The van der Waals surface area contributed by atoms with Gasteiger partial charge in [-0.2, -0.15) is 0 Å². The van der Waals surface area contributed by atoms with Gasteiger partial charge in [-0.25, -0.2) is 4.98 Å². The molecule has 21 heavy (non-hydrogen) atoms. The number of carbonyl (C=O) groups is 1. The molecule has 2 aromatic rings. The van der Waals surface area contributed by atoms with Crippen LogP contribution in [0.15, 0.2) is 34.9 Å². The second-order valence-corrected chi connectivity index (χ2v) is 5.13. The van der Waals surface area contributed by atoms with Crippen LogP contribution in [0.2, 0.25) is 5.02 Å². The van der Waals surface area contributed by atoms with E-state index in [1.165, 1.54) is 0 Å². The average Bonchev–Trinajstić information content (AvgIpc) is 2.96. The molecule has 0 fully saturated rings. The number of hydrogen-bond donors (Lipinski definition) is 0. The zero-order valence-electron chi connectivity index (χ0n) is 12.3. The van der Waals surface area contributed by atoms with E-state index in [-0.39, 0.29) is 5.91 Å². The van der Waals surface area contributed by atoms with Gasteiger partial charge in [-0.3, -0.25) is 4.79 Å². The van der Waals surface area contributed by atoms with Crippen molar-refractivity contribution < 1.29 is 9.21 Å². The van der Waals surface area contributed by atoms with Gasteiger partial charge >= 0.3 is 0 Å². The van der Waals surface area contributed by atoms with Crippen LogP contribution in [0.5, 0.6) is 0 Å². The first-order chi connectivity index (χ1) is 10.1. The van der Waals surface area contributed by atoms with Gasteiger partial charge in [0.2, 0.25) is 5.91 Å². The molecule has 5 heteroatoms. The van der Waals surface area contributed by atoms with Crippen LogP contribution in [0.25, 0.3) is 11.3 Å². The first-order valence-electron chi connectivity index (χ1n) is 7.12. The molecular formula is C16H19ClN2O2. The molecule has 1 aromatic carbocycles. The molecule has 2 rings (SSSR count). The first kappa shape index (κ1) is 15.6. The molecule has 4 nitrogen and oxygen atoms in total. The Kier molecular flexibility index (Phi) is 5.39. The van der Waals surface area contributed by atoms with Crippen LogP contribution in [-0.4, -0.2) is 28.9 Å². The number of amides is 1. The second-order valence-electron chi connectivity index (χ2n) is 4.69. The van der Waals surface area contributed by atoms with Crippen LogP contribution in [0.1, 0.15) is 26.2 Å². The summed E-state index contributed by atoms with van der Waals surface area (Å²) in [5.74, 6) is 1.41. The third-order valence-electron chi connectivity index (χ3n) is 3.35. The minimum Gasteiger partial charge on any atom is -0.441 e. The number of carbonyl (C=O) groups excluding carboxylic acids is 1. The number of aryl methyl sites for hydroxylation is 1. The van der Waals surface area contributed by atoms with E-state index in [4.69, 9.17) is 16.0 Å². The number of halogens is 1. The Morgan fingerprint density at radius 3 is 2.52 bits per heavy atom. The number of oxazole rings is 1. The van der Waals surface area contributed by atoms with Gasteiger partial charge in [0, 0.05) is 36.5 Å². The van der Waals surface area contributed by atoms with Crippen molar-refractivity contribution in [2.24, 2.45) is 0 Å². The highest BCUT2D eigenvalue weighted by Gasteiger charge is 2.12. The lowest BCUT2D eigenvalue weighted by Crippen LogP contribution is -2.30. The van der Waals surface area contributed by atoms with Crippen molar-refractivity contribution in [3.8, 4) is 11.3 Å². The summed E-state index contributed by atoms with van der Waals surface area (Å²) < 4.78 is 5.68. The number of rotatable bonds is 6. The maximum absolute atomic E-state index is 11.9. The summed E-state index contributed by atoms with van der Waals surface area (Å²) in [7, 11) is 0. The smallest absolute Gasteiger partial charge is 0.223 e. The Morgan fingerprint density at radius 2 is 1.90 bits per heavy atom. The summed E-state index contributed by atoms with van der Waals surface area (Å²) in [4.78, 5) is 18.0. The van der Waals surface area contributed by atoms with Gasteiger partial charge < -0.3 is 9.32 Å². The van der Waals surface area contributed by atoms with Gasteiger partial charge in [0.05, 0.1) is 6.20 Å². The molecule has 0 bridgehead atoms. The molecule has 1 aromatic heterocycles. The minimum atomic E-state index is 0.131. The van der Waals surface area contributed by atoms with Gasteiger partial charge in [-0.15, -0.1) is 0 Å². The SMILES string of the molecule is CCN(CC)C(=O)CCc1ncc(-c2ccc(Cl)cc2)o1. The molecule has 1 amide bonds. The Hall–Kier alpha value is -1.81. The maximum Gasteiger partial charge on any atom is 0.223 e. The second kappa shape index (κ2) is 7.27. The van der Waals surface area contributed by atoms with Gasteiger partial charge in [0.1, 0.15) is 0 Å². The summed E-state index contributed by atoms with van der Waals surface area (Å²) in [6, 6.07) is 7.38. The topological polar surface area (TPSA) is 46.3 Å². The van der Waals surface area contributed by atoms with E-state index in [9.17, 15) is 4.79 Å². The van der Waals surface area contributed by atoms with Crippen molar-refractivity contribution in [1.82, 2.24) is 9.88 Å². The number of benzene rings is 1. The van der Waals surface area contributed by atoms with Crippen LogP contribution >= 0.6 is 11.6 Å². The molecule has 0 radical (unpaired) electrons. The monoisotopic (exact) mass is 306 g/mol. The highest BCUT2D eigenvalue weighted by molar-refractivity contribution is 6.30. The van der Waals surface area contributed by atoms with Gasteiger partial charge in [0.25, 0.3) is 0 Å². The fourth-order valence-electron chi connectivity index (χ4n) is 2.12. The van der Waals surface area contributed by atoms with E-state index in [1.54, 1.807) is 6.20 Å². The quantitative estimate of drug-likeness (QED) is 0.815. The van der Waals surface area contributed by atoms with Crippen LogP contribution in [0.3, 0.4) is 0 Å². The van der Waals surface area contributed by atoms with Crippen LogP contribution in [0, 0.1) is 0 Å². The number of hydrogen-bond acceptors (Lipinski definition) is 3. The van der Waals surface area contributed by atoms with Gasteiger partial charge in [0.15, 0.2) is 11.7 Å². The van der Waals surface area contributed by atoms with Crippen LogP contribution < -0.4 is 0 Å². The summed E-state index contributed by atoms with van der Waals surface area (Å²) in [5, 5.41) is 0.684. The molecule has 0 spiro atoms. The van der Waals surface area contributed by atoms with Crippen molar-refractivity contribution in [2.75, 3.05) is 13.1 Å². The largest absolute Gasteiger partial charge is 0.441 e. The van der Waals surface area contributed by atoms with Crippen molar-refractivity contribution in [1.29, 1.82) is 0 Å². The highest BCUT2D eigenvalue weighted by atomic mass is 35.5. The van der Waals surface area contributed by atoms with Crippen molar-refractivity contribution in [3.05, 3.63) is 41.4 Å². The van der Waals surface area contributed by atoms with Crippen LogP contribution in [-0.2, 0) is 11.2 Å². The molecular weight excluding hydrogens is 288 g/mol. The third-order valence-corrected chi connectivity index (χ3v) is 3.60. The predicted octanol–water partition coefficient (Wildman–Crippen LogP) is 3.80. The Morgan fingerprint density at radius 1 is 1.24 bits per heavy atom. The van der Waals surface area contributed by atoms with Gasteiger partial charge in [-0.05, 0) is 38.1 Å². The lowest BCUT2D eigenvalue weighted by atomic mass is 10.2. The predicted molar refractivity (Wildman–Crippen MR) is 83.2 cm³/mol. The van der Waals surface area contributed by atoms with E-state index in [2.05, 4.69) is 4.98 Å². The number of nitrogens with zero attached hydrogens (tertiary/aromatic N) is 2. The molecule has 0 saturated carbocycles. The molecule has 0 aliphatic carbocycles. The summed E-state index contributed by atoms with van der Waals surface area (Å²) in [6.45, 7) is 5.42. The zero-order chi connectivity index (χ0) is 15.2. The lowest BCUT2D eigenvalue weighted by Gasteiger charge is -2.17. The molecule has 0 aliphatic heterocycles. The van der Waals surface area contributed by atoms with Crippen LogP contribution in [0.4, 0.5) is 0 Å². The first-order valence-corrected chi connectivity index (χ1v) is 7.50. The standard InChI is InChI=1S/C16H19ClN2O2/c1-3-19(4-2)16(20)10-9-15-18-11-14(21-15)12-5-7-13(17)8-6-12/h5-8,11H,3-4,9-10H2,1-2H3. The number of aromatic nitrogens is 1. The minimum absolute atomic E-state index is 0.131. The molecule has 0 aliphatic rings. The van der Waals surface area contributed by atoms with E-state index in [1.807, 2.05) is 43.0 Å². The fourth-order valence-corrected chi connectivity index (χ4v) is 2.25. The van der Waals surface area contributed by atoms with Crippen molar-refractivity contribution >= 4 is 17.5 Å². The lowest BCUT2D eigenvalue weighted by molar-refractivity contribution is -0.130. The molecule has 0 saturated heterocycles. The molecule has 0 unspecified atom stereocenters. The van der Waals surface area contributed by atoms with Crippen molar-refractivity contribution in [2.45, 2.75) is 26.7 Å². The molecule has 0 N–H and O–H groups in total. The summed E-state index contributed by atoms with van der Waals surface area (Å²) >= 11 is 5.86. The maximum atomic E-state index is 11.9. The van der Waals surface area contributed by atoms with Crippen molar-refractivity contribution in [3.63, 3.8) is 0 Å². The molecule has 0 atom stereocenters. The van der Waals surface area contributed by atoms with E-state index in [0.29, 0.717) is 29.5 Å². The Balaban J connectivity index is 1.97. The highest BCUT2D eigenvalue weighted by Crippen LogP contribution is 2.22. The zero-order valence-corrected chi connectivity index (χ0v) is 13.1.